The van der Waals surface area contributed by atoms with Crippen LogP contribution < -0.4 is 45.6 Å². The van der Waals surface area contributed by atoms with Crippen molar-refractivity contribution in [2.24, 2.45) is 5.92 Å². The van der Waals surface area contributed by atoms with Crippen molar-refractivity contribution in [1.82, 2.24) is 70.4 Å². The van der Waals surface area contributed by atoms with Crippen LogP contribution >= 0.6 is 11.6 Å². The number of nitrogens with zero attached hydrogens (tertiary/aromatic N) is 14. The first-order chi connectivity index (χ1) is 67.7. The van der Waals surface area contributed by atoms with E-state index in [0.717, 1.165) is 48.5 Å². The lowest BCUT2D eigenvalue weighted by atomic mass is 9.96. The van der Waals surface area contributed by atoms with Crippen LogP contribution in [0.3, 0.4) is 0 Å². The number of fused-ring (bicyclic) bond motifs is 4. The summed E-state index contributed by atoms with van der Waals surface area (Å²) in [5, 5.41) is 37.8. The second-order valence-electron chi connectivity index (χ2n) is 34.2. The maximum absolute atomic E-state index is 14.1. The Morgan fingerprint density at radius 1 is 0.458 bits per heavy atom. The zero-order chi connectivity index (χ0) is 105. The number of anilines is 4. The van der Waals surface area contributed by atoms with Crippen LogP contribution in [0.25, 0.3) is 22.7 Å². The molecular formula is C94H96ClF13N18O14S4. The van der Waals surface area contributed by atoms with E-state index in [1.165, 1.54) is 192 Å². The summed E-state index contributed by atoms with van der Waals surface area (Å²) in [6.07, 6.45) is 0.259. The van der Waals surface area contributed by atoms with Gasteiger partial charge in [-0.15, -0.1) is 0 Å². The van der Waals surface area contributed by atoms with Crippen molar-refractivity contribution in [1.29, 1.82) is 0 Å². The van der Waals surface area contributed by atoms with Crippen LogP contribution in [0.1, 0.15) is 142 Å². The van der Waals surface area contributed by atoms with Crippen molar-refractivity contribution in [3.63, 3.8) is 0 Å². The first-order valence-electron chi connectivity index (χ1n) is 44.5. The summed E-state index contributed by atoms with van der Waals surface area (Å²) in [5.41, 5.74) is 6.33. The number of halogens is 14. The molecule has 10 heterocycles. The topological polar surface area (TPSA) is 392 Å². The van der Waals surface area contributed by atoms with Gasteiger partial charge in [0.1, 0.15) is 56.6 Å². The highest BCUT2D eigenvalue weighted by atomic mass is 35.5. The molecule has 4 aliphatic rings. The van der Waals surface area contributed by atoms with Crippen LogP contribution in [0.15, 0.2) is 209 Å². The Morgan fingerprint density at radius 2 is 0.861 bits per heavy atom. The predicted molar refractivity (Wildman–Crippen MR) is 505 cm³/mol. The van der Waals surface area contributed by atoms with Crippen molar-refractivity contribution in [3.8, 4) is 34.2 Å². The number of hydrogen-bond donors (Lipinski definition) is 5. The summed E-state index contributed by atoms with van der Waals surface area (Å²) in [5.74, 6) is -4.28. The largest absolute Gasteiger partial charge is 0.507 e. The van der Waals surface area contributed by atoms with Crippen molar-refractivity contribution < 1.29 is 120 Å². The third-order valence-electron chi connectivity index (χ3n) is 24.1. The number of nitrogens with one attached hydrogen (secondary N) is 4. The second kappa shape index (κ2) is 43.5. The molecule has 7 atom stereocenters. The maximum atomic E-state index is 14.1. The summed E-state index contributed by atoms with van der Waals surface area (Å²) in [6.45, 7) is 6.88. The van der Waals surface area contributed by atoms with E-state index in [2.05, 4.69) is 51.6 Å². The minimum absolute atomic E-state index is 0.000239. The minimum Gasteiger partial charge on any atom is -0.507 e. The number of phenolic OH excluding ortho intramolecular Hbond substituents is 1. The van der Waals surface area contributed by atoms with Crippen molar-refractivity contribution in [3.05, 3.63) is 262 Å². The molecule has 0 bridgehead atoms. The van der Waals surface area contributed by atoms with E-state index >= 15 is 0 Å². The Kier molecular flexibility index (Phi) is 32.5. The van der Waals surface area contributed by atoms with Crippen LogP contribution in [-0.4, -0.2) is 188 Å². The molecular weight excluding hydrogens is 2020 g/mol. The summed E-state index contributed by atoms with van der Waals surface area (Å²) >= 11 is 5.94. The predicted octanol–water partition coefficient (Wildman–Crippen LogP) is 17.9. The normalized spacial score (nSPS) is 16.3. The highest BCUT2D eigenvalue weighted by Gasteiger charge is 2.52. The summed E-state index contributed by atoms with van der Waals surface area (Å²) in [4.78, 5) is 64.5. The van der Waals surface area contributed by atoms with Crippen LogP contribution in [0.2, 0.25) is 5.02 Å². The molecule has 50 heteroatoms. The van der Waals surface area contributed by atoms with E-state index in [-0.39, 0.29) is 91.1 Å². The molecule has 0 saturated heterocycles. The molecule has 0 aliphatic carbocycles. The van der Waals surface area contributed by atoms with Gasteiger partial charge in [0.05, 0.1) is 135 Å². The van der Waals surface area contributed by atoms with Crippen molar-refractivity contribution >= 4 is 97.8 Å². The number of pyridine rings is 2. The van der Waals surface area contributed by atoms with Crippen LogP contribution in [-0.2, 0) is 65.0 Å². The summed E-state index contributed by atoms with van der Waals surface area (Å²) < 4.78 is 285. The lowest BCUT2D eigenvalue weighted by Gasteiger charge is -2.37. The SMILES string of the molecule is CCC[C@H](NC(=O)N1CCCc2c1cnn2-c1ccc(F)c(Cl)c1)c1ccnc(S(C)(=O)=O)c1.CC[C@H](NC(=O)N1c2cnn(-c3ccc(F)cc3)c2CCC1C(F)(F)F)c1ccc(S(C)(=O)=O)c(O)c1.CC[C@H](NC(=O)N1c2cnn(-c3ccc(F)cc3)c2CCC1C(F)(F)F)c1ccc(S(C)(=O)=O)c(OC)c1.C[C@H](NC(=O)N1CC(C(F)(F)F)Cc2c1cnn2-c1ccc(F)cc1)c1ccnc(S(C)(=O)=O)c1. The average molecular weight is 2110 g/mol. The van der Waals surface area contributed by atoms with E-state index in [0.29, 0.717) is 97.7 Å². The van der Waals surface area contributed by atoms with E-state index < -0.39 is 161 Å². The number of methoxy groups -OCH3 is 1. The van der Waals surface area contributed by atoms with E-state index in [9.17, 15) is 115 Å². The Morgan fingerprint density at radius 3 is 1.29 bits per heavy atom. The van der Waals surface area contributed by atoms with Gasteiger partial charge < -0.3 is 31.1 Å². The molecule has 16 rings (SSSR count). The number of aromatic hydroxyl groups is 1. The Balaban J connectivity index is 0.000000161. The van der Waals surface area contributed by atoms with E-state index in [1.807, 2.05) is 6.92 Å². The van der Waals surface area contributed by atoms with E-state index in [1.54, 1.807) is 48.7 Å². The Labute approximate surface area is 823 Å². The van der Waals surface area contributed by atoms with Gasteiger partial charge in [0.15, 0.2) is 49.4 Å². The average Bonchev–Trinajstić information content (AvgIpc) is 1.60. The van der Waals surface area contributed by atoms with Gasteiger partial charge in [0, 0.05) is 56.9 Å². The quantitative estimate of drug-likeness (QED) is 0.0417. The fourth-order valence-electron chi connectivity index (χ4n) is 17.0. The smallest absolute Gasteiger partial charge is 0.409 e. The van der Waals surface area contributed by atoms with Gasteiger partial charge in [-0.05, 0) is 226 Å². The molecule has 3 unspecified atom stereocenters. The molecule has 0 fully saturated rings. The van der Waals surface area contributed by atoms with Gasteiger partial charge >= 0.3 is 42.7 Å². The first kappa shape index (κ1) is 108. The number of rotatable bonds is 21. The van der Waals surface area contributed by atoms with Gasteiger partial charge in [-0.2, -0.15) is 59.9 Å². The van der Waals surface area contributed by atoms with Crippen LogP contribution in [0.5, 0.6) is 11.5 Å². The molecule has 0 radical (unpaired) electrons. The lowest BCUT2D eigenvalue weighted by Crippen LogP contribution is -2.55. The van der Waals surface area contributed by atoms with Crippen molar-refractivity contribution in [2.45, 2.75) is 173 Å². The van der Waals surface area contributed by atoms with Crippen molar-refractivity contribution in [2.75, 3.05) is 64.8 Å². The number of aromatic nitrogens is 10. The number of urea groups is 4. The molecule has 768 valence electrons. The highest BCUT2D eigenvalue weighted by Crippen LogP contribution is 2.45. The zero-order valence-electron chi connectivity index (χ0n) is 78.1. The molecule has 6 aromatic heterocycles. The monoisotopic (exact) mass is 2110 g/mol. The van der Waals surface area contributed by atoms with Crippen LogP contribution in [0, 0.1) is 29.2 Å². The molecule has 5 N–H and O–H groups in total. The maximum Gasteiger partial charge on any atom is 0.409 e. The zero-order valence-corrected chi connectivity index (χ0v) is 82.1. The molecule has 32 nitrogen and oxygen atoms in total. The van der Waals surface area contributed by atoms with Gasteiger partial charge in [-0.3, -0.25) is 19.6 Å². The number of benzene rings is 6. The van der Waals surface area contributed by atoms with Gasteiger partial charge in [-0.25, -0.2) is 99.1 Å². The fraction of sp³-hybridized carbons (Fsp3) is 0.340. The lowest BCUT2D eigenvalue weighted by molar-refractivity contribution is -0.172. The number of carbonyl (C=O) groups is 4. The van der Waals surface area contributed by atoms with Gasteiger partial charge in [-0.1, -0.05) is 50.9 Å². The Bertz CT molecular complexity index is 7250. The fourth-order valence-corrected chi connectivity index (χ4v) is 19.9. The number of phenols is 1. The number of hydrogen-bond acceptors (Lipinski definition) is 20. The number of alkyl halides is 9. The summed E-state index contributed by atoms with van der Waals surface area (Å²) in [7, 11) is -13.1. The van der Waals surface area contributed by atoms with E-state index in [4.69, 9.17) is 16.3 Å². The molecule has 6 aromatic carbocycles. The number of carbonyl (C=O) groups excluding carboxylic acids is 4. The van der Waals surface area contributed by atoms with Gasteiger partial charge in [0.2, 0.25) is 0 Å². The molecule has 8 amide bonds. The molecule has 144 heavy (non-hydrogen) atoms. The van der Waals surface area contributed by atoms with Gasteiger partial charge in [0.25, 0.3) is 0 Å². The first-order valence-corrected chi connectivity index (χ1v) is 52.4. The number of amides is 8. The molecule has 0 saturated carbocycles. The molecule has 12 aromatic rings. The Hall–Kier alpha value is -13.7. The number of ether oxygens (including phenoxy) is 1. The summed E-state index contributed by atoms with van der Waals surface area (Å²) in [6, 6.07) is 24.1. The highest BCUT2D eigenvalue weighted by molar-refractivity contribution is 7.91. The second-order valence-corrected chi connectivity index (χ2v) is 42.5. The third kappa shape index (κ3) is 24.7. The standard InChI is InChI=1S/C25H26F4N4O4S.C24H24F4N4O4S.C23H25ClFN5O3S.C22H21F4N5O3S/c1-4-18(15-5-11-22(38(3,35)36)21(13-15)37-2)31-24(34)32-20-14-30-33(17-8-6-16(26)7-9-17)19(20)10-12-23(32)25(27,28)29;1-3-17(14-4-10-21(20(33)12-14)37(2,35)36)30-23(34)31-19-13-29-32(16-7-5-15(25)6-8-16)18(19)9-11-22(31)24(26,27)28;1-3-5-19(15-9-10-26-22(12-15)34(2,32)33)28-23(31)29-11-4-6-20-21(29)14-27-30(20)16-7-8-18(25)17(24)13-16;1-13(14-7-8-27-20(9-14)35(2,33)34)29-21(32)30-12-15(22(24,25)26)10-18-19(30)11-28-31(18)17-5-3-16(23)4-6-17/h5-9,11,13-14,18,23H,4,10,12H2,1-3H3,(H,31,34);4-8,10,12-13,17,22,33H,3,9,11H2,1-2H3,(H,30,34);7-10,12-14,19H,3-6,11H2,1-2H3,(H,28,31);3-9,11,13,15H,10,12H2,1-2H3,(H,29,32)/t18-,23?;17-,22?;19-;13-,15?/m0000/s1. The number of sulfone groups is 4. The minimum atomic E-state index is -4.72. The van der Waals surface area contributed by atoms with Crippen LogP contribution in [0.4, 0.5) is 99.0 Å². The third-order valence-corrected chi connectivity index (χ3v) is 28.7. The molecule has 0 spiro atoms. The molecule has 4 aliphatic heterocycles.